The third-order valence-corrected chi connectivity index (χ3v) is 3.00. The highest BCUT2D eigenvalue weighted by Gasteiger charge is 2.17. The fourth-order valence-electron chi connectivity index (χ4n) is 2.11. The van der Waals surface area contributed by atoms with Crippen molar-refractivity contribution in [2.45, 2.75) is 46.4 Å². The fourth-order valence-corrected chi connectivity index (χ4v) is 2.11. The zero-order chi connectivity index (χ0) is 13.8. The van der Waals surface area contributed by atoms with E-state index >= 15 is 0 Å². The molecule has 1 unspecified atom stereocenters. The van der Waals surface area contributed by atoms with E-state index in [2.05, 4.69) is 29.0 Å². The molecule has 2 aromatic heterocycles. The van der Waals surface area contributed by atoms with Crippen molar-refractivity contribution >= 4 is 0 Å². The van der Waals surface area contributed by atoms with Gasteiger partial charge in [-0.2, -0.15) is 10.2 Å². The van der Waals surface area contributed by atoms with Gasteiger partial charge in [0.25, 0.3) is 0 Å². The summed E-state index contributed by atoms with van der Waals surface area (Å²) in [5.41, 5.74) is 0.821. The summed E-state index contributed by atoms with van der Waals surface area (Å²) in [5.74, 6) is 1.31. The van der Waals surface area contributed by atoms with E-state index in [1.54, 1.807) is 17.2 Å². The average Bonchev–Trinajstić information content (AvgIpc) is 2.97. The predicted molar refractivity (Wildman–Crippen MR) is 71.4 cm³/mol. The normalized spacial score (nSPS) is 13.1. The lowest BCUT2D eigenvalue weighted by atomic mass is 10.1. The first-order valence-electron chi connectivity index (χ1n) is 6.68. The van der Waals surface area contributed by atoms with Crippen molar-refractivity contribution in [2.75, 3.05) is 0 Å². The molecule has 0 fully saturated rings. The highest BCUT2D eigenvalue weighted by atomic mass is 16.3. The number of nitrogens with zero attached hydrogens (tertiary/aromatic N) is 5. The number of aryl methyl sites for hydroxylation is 1. The summed E-state index contributed by atoms with van der Waals surface area (Å²) >= 11 is 0. The maximum absolute atomic E-state index is 10.3. The van der Waals surface area contributed by atoms with E-state index in [-0.39, 0.29) is 0 Å². The van der Waals surface area contributed by atoms with Crippen molar-refractivity contribution in [1.29, 1.82) is 0 Å². The van der Waals surface area contributed by atoms with E-state index in [1.807, 2.05) is 17.7 Å². The van der Waals surface area contributed by atoms with Crippen LogP contribution in [-0.2, 0) is 19.5 Å². The van der Waals surface area contributed by atoms with Gasteiger partial charge in [0.1, 0.15) is 18.3 Å². The van der Waals surface area contributed by atoms with Gasteiger partial charge in [-0.05, 0) is 18.9 Å². The molecule has 2 rings (SSSR count). The van der Waals surface area contributed by atoms with Crippen molar-refractivity contribution in [3.8, 4) is 0 Å². The molecule has 6 nitrogen and oxygen atoms in total. The zero-order valence-electron chi connectivity index (χ0n) is 11.7. The number of hydrogen-bond donors (Lipinski definition) is 1. The lowest BCUT2D eigenvalue weighted by molar-refractivity contribution is 0.162. The van der Waals surface area contributed by atoms with Crippen LogP contribution in [0.25, 0.3) is 0 Å². The minimum Gasteiger partial charge on any atom is -0.386 e. The van der Waals surface area contributed by atoms with Gasteiger partial charge in [0.15, 0.2) is 0 Å². The van der Waals surface area contributed by atoms with Crippen LogP contribution in [0.4, 0.5) is 0 Å². The van der Waals surface area contributed by atoms with E-state index in [0.29, 0.717) is 12.3 Å². The molecule has 0 aromatic carbocycles. The van der Waals surface area contributed by atoms with E-state index in [0.717, 1.165) is 24.6 Å². The van der Waals surface area contributed by atoms with Gasteiger partial charge in [0.05, 0.1) is 5.69 Å². The number of rotatable bonds is 6. The molecule has 2 aromatic rings. The second-order valence-corrected chi connectivity index (χ2v) is 5.04. The Hall–Kier alpha value is -1.69. The highest BCUT2D eigenvalue weighted by molar-refractivity contribution is 5.07. The van der Waals surface area contributed by atoms with Crippen LogP contribution in [0.5, 0.6) is 0 Å². The lowest BCUT2D eigenvalue weighted by Gasteiger charge is -2.13. The van der Waals surface area contributed by atoms with E-state index in [1.165, 1.54) is 0 Å². The Bertz CT molecular complexity index is 517. The Morgan fingerprint density at radius 3 is 2.74 bits per heavy atom. The zero-order valence-corrected chi connectivity index (χ0v) is 11.7. The van der Waals surface area contributed by atoms with Crippen LogP contribution in [0.2, 0.25) is 0 Å². The fraction of sp³-hybridized carbons (Fsp3) is 0.615. The number of aliphatic hydroxyl groups is 1. The molecule has 0 saturated carbocycles. The average molecular weight is 263 g/mol. The molecule has 0 spiro atoms. The number of aliphatic hydroxyl groups excluding tert-OH is 1. The smallest absolute Gasteiger partial charge is 0.138 e. The van der Waals surface area contributed by atoms with E-state index < -0.39 is 6.10 Å². The molecule has 0 radical (unpaired) electrons. The van der Waals surface area contributed by atoms with Gasteiger partial charge in [-0.15, -0.1) is 0 Å². The largest absolute Gasteiger partial charge is 0.386 e. The Morgan fingerprint density at radius 2 is 2.05 bits per heavy atom. The summed E-state index contributed by atoms with van der Waals surface area (Å²) in [4.78, 5) is 4.24. The minimum absolute atomic E-state index is 0.457. The molecule has 6 heteroatoms. The van der Waals surface area contributed by atoms with Crippen molar-refractivity contribution in [3.63, 3.8) is 0 Å². The maximum atomic E-state index is 10.3. The van der Waals surface area contributed by atoms with Gasteiger partial charge in [-0.1, -0.05) is 13.8 Å². The second-order valence-electron chi connectivity index (χ2n) is 5.04. The van der Waals surface area contributed by atoms with Crippen LogP contribution in [0.1, 0.15) is 38.4 Å². The Morgan fingerprint density at radius 1 is 1.26 bits per heavy atom. The van der Waals surface area contributed by atoms with Gasteiger partial charge in [-0.25, -0.2) is 9.67 Å². The van der Waals surface area contributed by atoms with E-state index in [9.17, 15) is 5.11 Å². The van der Waals surface area contributed by atoms with Crippen molar-refractivity contribution in [3.05, 3.63) is 30.1 Å². The summed E-state index contributed by atoms with van der Waals surface area (Å²) in [6, 6.07) is 1.84. The summed E-state index contributed by atoms with van der Waals surface area (Å²) in [6.45, 7) is 7.83. The topological polar surface area (TPSA) is 68.8 Å². The Balaban J connectivity index is 2.11. The van der Waals surface area contributed by atoms with Gasteiger partial charge >= 0.3 is 0 Å². The molecule has 0 aliphatic heterocycles. The Labute approximate surface area is 113 Å². The summed E-state index contributed by atoms with van der Waals surface area (Å²) < 4.78 is 3.66. The van der Waals surface area contributed by atoms with Gasteiger partial charge in [0, 0.05) is 25.7 Å². The first kappa shape index (κ1) is 13.7. The van der Waals surface area contributed by atoms with Gasteiger partial charge < -0.3 is 5.11 Å². The SMILES string of the molecule is CCn1nccc1C(O)Cc1ncnn1CC(C)C. The third-order valence-electron chi connectivity index (χ3n) is 3.00. The molecular formula is C13H21N5O. The number of hydrogen-bond acceptors (Lipinski definition) is 4. The maximum Gasteiger partial charge on any atom is 0.138 e. The van der Waals surface area contributed by atoms with Crippen LogP contribution >= 0.6 is 0 Å². The van der Waals surface area contributed by atoms with Crippen molar-refractivity contribution in [2.24, 2.45) is 5.92 Å². The van der Waals surface area contributed by atoms with Crippen LogP contribution < -0.4 is 0 Å². The molecule has 0 saturated heterocycles. The molecule has 19 heavy (non-hydrogen) atoms. The monoisotopic (exact) mass is 263 g/mol. The molecule has 1 N–H and O–H groups in total. The standard InChI is InChI=1S/C13H21N5O/c1-4-17-11(5-6-15-17)12(19)7-13-14-9-16-18(13)8-10(2)3/h5-6,9-10,12,19H,4,7-8H2,1-3H3. The molecule has 0 amide bonds. The molecule has 104 valence electrons. The highest BCUT2D eigenvalue weighted by Crippen LogP contribution is 2.17. The summed E-state index contributed by atoms with van der Waals surface area (Å²) in [5, 5.41) is 18.7. The molecule has 0 aliphatic rings. The molecular weight excluding hydrogens is 242 g/mol. The first-order chi connectivity index (χ1) is 9.11. The third kappa shape index (κ3) is 3.20. The van der Waals surface area contributed by atoms with Crippen LogP contribution in [-0.4, -0.2) is 29.7 Å². The number of aromatic nitrogens is 5. The van der Waals surface area contributed by atoms with Crippen molar-refractivity contribution < 1.29 is 5.11 Å². The second kappa shape index (κ2) is 5.97. The predicted octanol–water partition coefficient (Wildman–Crippen LogP) is 1.43. The molecule has 1 atom stereocenters. The first-order valence-corrected chi connectivity index (χ1v) is 6.68. The van der Waals surface area contributed by atoms with Gasteiger partial charge in [-0.3, -0.25) is 4.68 Å². The van der Waals surface area contributed by atoms with Gasteiger partial charge in [0.2, 0.25) is 0 Å². The summed E-state index contributed by atoms with van der Waals surface area (Å²) in [6.07, 6.45) is 3.11. The van der Waals surface area contributed by atoms with Crippen molar-refractivity contribution in [1.82, 2.24) is 24.5 Å². The summed E-state index contributed by atoms with van der Waals surface area (Å²) in [7, 11) is 0. The lowest BCUT2D eigenvalue weighted by Crippen LogP contribution is -2.15. The molecule has 2 heterocycles. The van der Waals surface area contributed by atoms with Crippen LogP contribution in [0, 0.1) is 5.92 Å². The van der Waals surface area contributed by atoms with E-state index in [4.69, 9.17) is 0 Å². The van der Waals surface area contributed by atoms with Crippen LogP contribution in [0.15, 0.2) is 18.6 Å². The van der Waals surface area contributed by atoms with Crippen LogP contribution in [0.3, 0.4) is 0 Å². The minimum atomic E-state index is -0.599. The Kier molecular flexibility index (Phi) is 4.31. The molecule has 0 bridgehead atoms. The molecule has 0 aliphatic carbocycles. The quantitative estimate of drug-likeness (QED) is 0.856.